The molecule has 3 heterocycles. The van der Waals surface area contributed by atoms with Gasteiger partial charge in [0.1, 0.15) is 0 Å². The zero-order valence-corrected chi connectivity index (χ0v) is 6.53. The summed E-state index contributed by atoms with van der Waals surface area (Å²) in [4.78, 5) is 10.8. The molecule has 0 radical (unpaired) electrons. The second kappa shape index (κ2) is 1.83. The van der Waals surface area contributed by atoms with Gasteiger partial charge in [0.05, 0.1) is 5.92 Å². The highest BCUT2D eigenvalue weighted by Gasteiger charge is 2.65. The van der Waals surface area contributed by atoms with Gasteiger partial charge in [-0.1, -0.05) is 0 Å². The number of carbonyl (C=O) groups is 1. The van der Waals surface area contributed by atoms with Crippen molar-refractivity contribution >= 4 is 5.97 Å². The standard InChI is InChI=1S/C8H10O4/c9-6(10)4-1-2-8-3-5(4)7(11-8)12-8/h4-5,7H,1-3H2,(H,9,10)/t4-,5-,7?,8?/m0/s1. The quantitative estimate of drug-likeness (QED) is 0.625. The van der Waals surface area contributed by atoms with E-state index in [4.69, 9.17) is 14.6 Å². The van der Waals surface area contributed by atoms with E-state index in [1.54, 1.807) is 0 Å². The molecule has 1 spiro atoms. The largest absolute Gasteiger partial charge is 0.481 e. The van der Waals surface area contributed by atoms with E-state index in [0.717, 1.165) is 12.8 Å². The molecule has 3 bridgehead atoms. The van der Waals surface area contributed by atoms with Crippen molar-refractivity contribution in [3.05, 3.63) is 0 Å². The van der Waals surface area contributed by atoms with E-state index in [9.17, 15) is 4.79 Å². The lowest BCUT2D eigenvalue weighted by Crippen LogP contribution is -2.44. The lowest BCUT2D eigenvalue weighted by Gasteiger charge is -2.37. The first-order chi connectivity index (χ1) is 5.70. The molecular formula is C8H10O4. The Morgan fingerprint density at radius 2 is 2.25 bits per heavy atom. The second-order valence-electron chi connectivity index (χ2n) is 3.87. The van der Waals surface area contributed by atoms with E-state index in [1.165, 1.54) is 0 Å². The molecule has 0 unspecified atom stereocenters. The molecule has 4 nitrogen and oxygen atoms in total. The van der Waals surface area contributed by atoms with Crippen LogP contribution < -0.4 is 0 Å². The van der Waals surface area contributed by atoms with Gasteiger partial charge < -0.3 is 14.6 Å². The number of rotatable bonds is 1. The number of aliphatic carboxylic acids is 1. The molecule has 0 aromatic rings. The van der Waals surface area contributed by atoms with Crippen LogP contribution in [0.3, 0.4) is 0 Å². The van der Waals surface area contributed by atoms with Crippen LogP contribution in [0.15, 0.2) is 0 Å². The van der Waals surface area contributed by atoms with Crippen LogP contribution in [0.1, 0.15) is 19.3 Å². The van der Waals surface area contributed by atoms with Crippen LogP contribution in [0.25, 0.3) is 0 Å². The molecule has 1 saturated carbocycles. The number of ether oxygens (including phenoxy) is 2. The van der Waals surface area contributed by atoms with E-state index in [0.29, 0.717) is 6.42 Å². The topological polar surface area (TPSA) is 55.8 Å². The number of hydrogen-bond donors (Lipinski definition) is 1. The highest BCUT2D eigenvalue weighted by atomic mass is 16.9. The van der Waals surface area contributed by atoms with Gasteiger partial charge in [-0.3, -0.25) is 4.79 Å². The first-order valence-corrected chi connectivity index (χ1v) is 4.29. The highest BCUT2D eigenvalue weighted by Crippen LogP contribution is 2.57. The van der Waals surface area contributed by atoms with Crippen LogP contribution >= 0.6 is 0 Å². The Labute approximate surface area is 69.5 Å². The van der Waals surface area contributed by atoms with Crippen LogP contribution in [0, 0.1) is 11.8 Å². The minimum absolute atomic E-state index is 0.108. The summed E-state index contributed by atoms with van der Waals surface area (Å²) < 4.78 is 10.9. The fourth-order valence-corrected chi connectivity index (χ4v) is 2.61. The summed E-state index contributed by atoms with van der Waals surface area (Å²) in [7, 11) is 0. The Morgan fingerprint density at radius 3 is 2.92 bits per heavy atom. The second-order valence-corrected chi connectivity index (χ2v) is 3.87. The molecule has 0 aromatic heterocycles. The van der Waals surface area contributed by atoms with Crippen LogP contribution in [0.5, 0.6) is 0 Å². The third-order valence-electron chi connectivity index (χ3n) is 3.23. The van der Waals surface area contributed by atoms with Gasteiger partial charge in [0, 0.05) is 18.8 Å². The van der Waals surface area contributed by atoms with E-state index in [-0.39, 0.29) is 23.9 Å². The van der Waals surface area contributed by atoms with Gasteiger partial charge in [-0.25, -0.2) is 0 Å². The maximum absolute atomic E-state index is 10.8. The Morgan fingerprint density at radius 1 is 1.50 bits per heavy atom. The van der Waals surface area contributed by atoms with Crippen LogP contribution in [-0.2, 0) is 14.3 Å². The number of carboxylic acids is 1. The summed E-state index contributed by atoms with van der Waals surface area (Å²) in [6.07, 6.45) is 2.02. The predicted molar refractivity (Wildman–Crippen MR) is 37.2 cm³/mol. The summed E-state index contributed by atoms with van der Waals surface area (Å²) >= 11 is 0. The van der Waals surface area contributed by atoms with Gasteiger partial charge in [-0.05, 0) is 6.42 Å². The Hall–Kier alpha value is -0.610. The highest BCUT2D eigenvalue weighted by molar-refractivity contribution is 5.70. The first-order valence-electron chi connectivity index (χ1n) is 4.29. The molecule has 66 valence electrons. The van der Waals surface area contributed by atoms with Crippen molar-refractivity contribution in [2.24, 2.45) is 11.8 Å². The summed E-state index contributed by atoms with van der Waals surface area (Å²) in [6.45, 7) is 0. The molecule has 1 N–H and O–H groups in total. The average Bonchev–Trinajstić information content (AvgIpc) is 2.36. The third kappa shape index (κ3) is 0.630. The average molecular weight is 170 g/mol. The summed E-state index contributed by atoms with van der Waals surface area (Å²) in [5, 5.41) is 8.88. The van der Waals surface area contributed by atoms with E-state index < -0.39 is 5.97 Å². The molecule has 0 amide bonds. The van der Waals surface area contributed by atoms with E-state index in [1.807, 2.05) is 0 Å². The van der Waals surface area contributed by atoms with Crippen LogP contribution in [-0.4, -0.2) is 23.2 Å². The van der Waals surface area contributed by atoms with Crippen molar-refractivity contribution in [3.63, 3.8) is 0 Å². The fourth-order valence-electron chi connectivity index (χ4n) is 2.61. The fraction of sp³-hybridized carbons (Fsp3) is 0.875. The van der Waals surface area contributed by atoms with Gasteiger partial charge in [0.25, 0.3) is 0 Å². The maximum atomic E-state index is 10.8. The first kappa shape index (κ1) is 6.86. The van der Waals surface area contributed by atoms with Crippen LogP contribution in [0.4, 0.5) is 0 Å². The normalized spacial score (nSPS) is 54.8. The third-order valence-corrected chi connectivity index (χ3v) is 3.23. The van der Waals surface area contributed by atoms with Gasteiger partial charge in [0.2, 0.25) is 0 Å². The van der Waals surface area contributed by atoms with Crippen molar-refractivity contribution in [1.82, 2.24) is 0 Å². The Bertz CT molecular complexity index is 243. The molecule has 4 heteroatoms. The zero-order chi connectivity index (χ0) is 8.34. The van der Waals surface area contributed by atoms with E-state index >= 15 is 0 Å². The Kier molecular flexibility index (Phi) is 1.04. The van der Waals surface area contributed by atoms with Crippen molar-refractivity contribution in [2.45, 2.75) is 31.3 Å². The maximum Gasteiger partial charge on any atom is 0.306 e. The molecule has 4 aliphatic rings. The van der Waals surface area contributed by atoms with Crippen molar-refractivity contribution in [2.75, 3.05) is 0 Å². The lowest BCUT2D eigenvalue weighted by molar-refractivity contribution is -0.410. The van der Waals surface area contributed by atoms with Gasteiger partial charge in [-0.2, -0.15) is 0 Å². The molecule has 0 aromatic carbocycles. The monoisotopic (exact) mass is 170 g/mol. The predicted octanol–water partition coefficient (Wildman–Crippen LogP) is 0.570. The van der Waals surface area contributed by atoms with Gasteiger partial charge in [0.15, 0.2) is 12.1 Å². The molecule has 2 atom stereocenters. The molecule has 12 heavy (non-hydrogen) atoms. The minimum Gasteiger partial charge on any atom is -0.481 e. The molecule has 3 aliphatic heterocycles. The molecule has 4 rings (SSSR count). The van der Waals surface area contributed by atoms with Gasteiger partial charge >= 0.3 is 5.97 Å². The van der Waals surface area contributed by atoms with Crippen LogP contribution in [0.2, 0.25) is 0 Å². The van der Waals surface area contributed by atoms with Crippen molar-refractivity contribution in [1.29, 1.82) is 0 Å². The minimum atomic E-state index is -0.699. The Balaban J connectivity index is 1.89. The molecule has 1 aliphatic carbocycles. The smallest absolute Gasteiger partial charge is 0.306 e. The zero-order valence-electron chi connectivity index (χ0n) is 6.53. The SMILES string of the molecule is O=C(O)[C@H]1CCC23C[C@@H]1C(O2)O3. The molecule has 3 saturated heterocycles. The summed E-state index contributed by atoms with van der Waals surface area (Å²) in [6, 6.07) is 0. The molecular weight excluding hydrogens is 160 g/mol. The number of carboxylic acid groups (broad SMARTS) is 1. The summed E-state index contributed by atoms with van der Waals surface area (Å²) in [5.74, 6) is -1.19. The number of hydrogen-bond acceptors (Lipinski definition) is 3. The van der Waals surface area contributed by atoms with E-state index in [2.05, 4.69) is 0 Å². The summed E-state index contributed by atoms with van der Waals surface area (Å²) in [5.41, 5.74) is 0. The van der Waals surface area contributed by atoms with Crippen molar-refractivity contribution < 1.29 is 19.4 Å². The van der Waals surface area contributed by atoms with Crippen molar-refractivity contribution in [3.8, 4) is 0 Å². The molecule has 4 fully saturated rings. The lowest BCUT2D eigenvalue weighted by atomic mass is 9.80. The van der Waals surface area contributed by atoms with Gasteiger partial charge in [-0.15, -0.1) is 0 Å².